The fraction of sp³-hybridized carbons (Fsp3) is 0.0370. The molecule has 0 fully saturated rings. The summed E-state index contributed by atoms with van der Waals surface area (Å²) in [7, 11) is -4.06. The summed E-state index contributed by atoms with van der Waals surface area (Å²) in [6.07, 6.45) is 0. The number of halogens is 1. The van der Waals surface area contributed by atoms with Crippen LogP contribution < -0.4 is 5.32 Å². The van der Waals surface area contributed by atoms with Gasteiger partial charge in [-0.2, -0.15) is 8.42 Å². The minimum Gasteiger partial charge on any atom is -0.339 e. The van der Waals surface area contributed by atoms with Crippen molar-refractivity contribution in [2.45, 2.75) is 11.8 Å². The van der Waals surface area contributed by atoms with E-state index >= 15 is 0 Å². The number of rotatable bonds is 5. The van der Waals surface area contributed by atoms with Gasteiger partial charge in [-0.05, 0) is 73.2 Å². The molecule has 174 valence electrons. The zero-order chi connectivity index (χ0) is 24.4. The molecule has 0 radical (unpaired) electrons. The van der Waals surface area contributed by atoms with E-state index in [1.54, 1.807) is 35.6 Å². The minimum atomic E-state index is -4.06. The lowest BCUT2D eigenvalue weighted by molar-refractivity contribution is 0.596. The largest absolute Gasteiger partial charge is 0.339 e. The van der Waals surface area contributed by atoms with Gasteiger partial charge in [-0.1, -0.05) is 36.4 Å². The van der Waals surface area contributed by atoms with Gasteiger partial charge in [-0.3, -0.25) is 0 Å². The number of fused-ring (bicyclic) bond motifs is 1. The van der Waals surface area contributed by atoms with E-state index in [1.807, 2.05) is 42.5 Å². The lowest BCUT2D eigenvalue weighted by Gasteiger charge is -2.11. The predicted molar refractivity (Wildman–Crippen MR) is 140 cm³/mol. The number of anilines is 1. The van der Waals surface area contributed by atoms with Gasteiger partial charge in [0.15, 0.2) is 5.84 Å². The zero-order valence-corrected chi connectivity index (χ0v) is 20.3. The van der Waals surface area contributed by atoms with Gasteiger partial charge < -0.3 is 5.32 Å². The number of hydrogen-bond acceptors (Lipinski definition) is 4. The predicted octanol–water partition coefficient (Wildman–Crippen LogP) is 6.66. The molecule has 0 spiro atoms. The van der Waals surface area contributed by atoms with Gasteiger partial charge in [-0.25, -0.2) is 9.37 Å². The summed E-state index contributed by atoms with van der Waals surface area (Å²) in [5, 5.41) is 4.04. The average molecular weight is 502 g/mol. The summed E-state index contributed by atoms with van der Waals surface area (Å²) in [5.41, 5.74) is 4.39. The second-order valence-corrected chi connectivity index (χ2v) is 10.6. The highest BCUT2D eigenvalue weighted by atomic mass is 32.2. The van der Waals surface area contributed by atoms with Crippen molar-refractivity contribution in [1.82, 2.24) is 4.98 Å². The van der Waals surface area contributed by atoms with E-state index in [1.165, 1.54) is 17.7 Å². The number of sulfonamides is 1. The van der Waals surface area contributed by atoms with Crippen LogP contribution in [0, 0.1) is 12.7 Å². The first-order valence-corrected chi connectivity index (χ1v) is 13.0. The second-order valence-electron chi connectivity index (χ2n) is 7.93. The molecule has 35 heavy (non-hydrogen) atoms. The number of aromatic nitrogens is 1. The van der Waals surface area contributed by atoms with Crippen LogP contribution in [0.25, 0.3) is 20.8 Å². The Kier molecular flexibility index (Phi) is 6.15. The monoisotopic (exact) mass is 501 g/mol. The molecule has 1 N–H and O–H groups in total. The topological polar surface area (TPSA) is 71.4 Å². The summed E-state index contributed by atoms with van der Waals surface area (Å²) in [6.45, 7) is 2.06. The molecule has 4 aromatic carbocycles. The van der Waals surface area contributed by atoms with E-state index in [2.05, 4.69) is 22.7 Å². The van der Waals surface area contributed by atoms with Crippen LogP contribution in [0.2, 0.25) is 0 Å². The quantitative estimate of drug-likeness (QED) is 0.216. The highest BCUT2D eigenvalue weighted by Gasteiger charge is 2.16. The summed E-state index contributed by atoms with van der Waals surface area (Å²) >= 11 is 1.63. The number of aryl methyl sites for hydroxylation is 1. The molecule has 5 rings (SSSR count). The van der Waals surface area contributed by atoms with Crippen LogP contribution in [0.3, 0.4) is 0 Å². The van der Waals surface area contributed by atoms with Crippen LogP contribution in [0.4, 0.5) is 10.1 Å². The van der Waals surface area contributed by atoms with E-state index in [9.17, 15) is 12.8 Å². The maximum atomic E-state index is 13.3. The number of hydrogen-bond donors (Lipinski definition) is 1. The molecular weight excluding hydrogens is 481 g/mol. The number of amidine groups is 1. The first-order chi connectivity index (χ1) is 16.9. The highest BCUT2D eigenvalue weighted by molar-refractivity contribution is 7.90. The molecule has 8 heteroatoms. The Balaban J connectivity index is 1.46. The SMILES string of the molecule is Cc1ccc2nc(-c3ccc(N/C(=N\S(=O)(=O)c4ccc(F)cc4)c4ccccc4)cc3)sc2c1. The molecule has 5 aromatic rings. The minimum absolute atomic E-state index is 0.0875. The molecule has 1 heterocycles. The molecule has 0 bridgehead atoms. The van der Waals surface area contributed by atoms with E-state index < -0.39 is 15.8 Å². The molecule has 0 amide bonds. The Labute approximate surface area is 206 Å². The van der Waals surface area contributed by atoms with E-state index in [0.717, 1.165) is 32.9 Å². The average Bonchev–Trinajstić information content (AvgIpc) is 3.28. The second kappa shape index (κ2) is 9.40. The van der Waals surface area contributed by atoms with E-state index in [0.29, 0.717) is 11.3 Å². The number of thiazole rings is 1. The smallest absolute Gasteiger partial charge is 0.284 e. The van der Waals surface area contributed by atoms with Crippen LogP contribution in [-0.2, 0) is 10.0 Å². The summed E-state index contributed by atoms with van der Waals surface area (Å²) in [6, 6.07) is 27.3. The van der Waals surface area contributed by atoms with Crippen molar-refractivity contribution in [3.05, 3.63) is 114 Å². The van der Waals surface area contributed by atoms with Gasteiger partial charge in [0.25, 0.3) is 10.0 Å². The molecule has 0 saturated carbocycles. The first kappa shape index (κ1) is 22.9. The van der Waals surface area contributed by atoms with Crippen LogP contribution in [-0.4, -0.2) is 19.2 Å². The van der Waals surface area contributed by atoms with E-state index in [-0.39, 0.29) is 10.7 Å². The third-order valence-electron chi connectivity index (χ3n) is 5.31. The lowest BCUT2D eigenvalue weighted by Crippen LogP contribution is -2.16. The van der Waals surface area contributed by atoms with Crippen LogP contribution >= 0.6 is 11.3 Å². The van der Waals surface area contributed by atoms with Gasteiger partial charge in [0.2, 0.25) is 0 Å². The molecule has 0 unspecified atom stereocenters. The van der Waals surface area contributed by atoms with Crippen molar-refractivity contribution in [1.29, 1.82) is 0 Å². The third kappa shape index (κ3) is 5.13. The number of nitrogens with one attached hydrogen (secondary N) is 1. The fourth-order valence-electron chi connectivity index (χ4n) is 3.51. The molecule has 0 atom stereocenters. The number of benzene rings is 4. The summed E-state index contributed by atoms with van der Waals surface area (Å²) < 4.78 is 44.3. The normalized spacial score (nSPS) is 12.1. The standard InChI is InChI=1S/C27H20FN3O2S2/c1-18-7-16-24-25(17-18)34-27(30-24)20-8-12-22(13-9-20)29-26(19-5-3-2-4-6-19)31-35(32,33)23-14-10-21(28)11-15-23/h2-17H,1H3,(H,29,31). The Hall–Kier alpha value is -3.88. The highest BCUT2D eigenvalue weighted by Crippen LogP contribution is 2.31. The Morgan fingerprint density at radius 2 is 1.63 bits per heavy atom. The van der Waals surface area contributed by atoms with Crippen molar-refractivity contribution in [3.8, 4) is 10.6 Å². The third-order valence-corrected chi connectivity index (χ3v) is 7.67. The zero-order valence-electron chi connectivity index (χ0n) is 18.6. The molecule has 1 aromatic heterocycles. The van der Waals surface area contributed by atoms with E-state index in [4.69, 9.17) is 4.98 Å². The van der Waals surface area contributed by atoms with Gasteiger partial charge in [0.05, 0.1) is 15.1 Å². The van der Waals surface area contributed by atoms with Crippen molar-refractivity contribution in [2.24, 2.45) is 4.40 Å². The van der Waals surface area contributed by atoms with Gasteiger partial charge in [0, 0.05) is 16.8 Å². The van der Waals surface area contributed by atoms with Crippen LogP contribution in [0.1, 0.15) is 11.1 Å². The summed E-state index contributed by atoms with van der Waals surface area (Å²) in [4.78, 5) is 4.63. The van der Waals surface area contributed by atoms with Gasteiger partial charge >= 0.3 is 0 Å². The van der Waals surface area contributed by atoms with Crippen molar-refractivity contribution in [2.75, 3.05) is 5.32 Å². The molecule has 0 aliphatic rings. The molecule has 0 aliphatic heterocycles. The molecule has 5 nitrogen and oxygen atoms in total. The molecule has 0 saturated heterocycles. The number of nitrogens with zero attached hydrogens (tertiary/aromatic N) is 2. The van der Waals surface area contributed by atoms with Crippen LogP contribution in [0.5, 0.6) is 0 Å². The van der Waals surface area contributed by atoms with Gasteiger partial charge in [0.1, 0.15) is 10.8 Å². The van der Waals surface area contributed by atoms with Crippen molar-refractivity contribution in [3.63, 3.8) is 0 Å². The maximum absolute atomic E-state index is 13.3. The fourth-order valence-corrected chi connectivity index (χ4v) is 5.56. The lowest BCUT2D eigenvalue weighted by atomic mass is 10.2. The Bertz CT molecular complexity index is 1630. The maximum Gasteiger partial charge on any atom is 0.284 e. The van der Waals surface area contributed by atoms with Gasteiger partial charge in [-0.15, -0.1) is 15.7 Å². The first-order valence-electron chi connectivity index (χ1n) is 10.8. The Morgan fingerprint density at radius 3 is 2.34 bits per heavy atom. The Morgan fingerprint density at radius 1 is 0.914 bits per heavy atom. The van der Waals surface area contributed by atoms with Crippen molar-refractivity contribution >= 4 is 43.1 Å². The molecule has 0 aliphatic carbocycles. The molecular formula is C27H20FN3O2S2. The summed E-state index contributed by atoms with van der Waals surface area (Å²) in [5.74, 6) is -0.351. The van der Waals surface area contributed by atoms with Crippen LogP contribution in [0.15, 0.2) is 106 Å². The van der Waals surface area contributed by atoms with Crippen molar-refractivity contribution < 1.29 is 12.8 Å².